The van der Waals surface area contributed by atoms with E-state index < -0.39 is 16.8 Å². The molecule has 1 unspecified atom stereocenters. The third kappa shape index (κ3) is 9.89. The number of aliphatic hydroxyl groups excluding tert-OH is 1. The molecule has 6 heteroatoms. The van der Waals surface area contributed by atoms with Gasteiger partial charge in [-0.1, -0.05) is 112 Å². The number of ketones is 1. The van der Waals surface area contributed by atoms with Crippen molar-refractivity contribution >= 4 is 11.8 Å². The first kappa shape index (κ1) is 39.6. The van der Waals surface area contributed by atoms with Crippen LogP contribution in [0, 0.1) is 16.7 Å². The third-order valence-electron chi connectivity index (χ3n) is 10.7. The van der Waals surface area contributed by atoms with Crippen LogP contribution in [0.15, 0.2) is 83.1 Å². The van der Waals surface area contributed by atoms with E-state index in [1.165, 1.54) is 12.5 Å². The van der Waals surface area contributed by atoms with Crippen LogP contribution >= 0.6 is 0 Å². The van der Waals surface area contributed by atoms with Gasteiger partial charge >= 0.3 is 5.97 Å². The zero-order valence-electron chi connectivity index (χ0n) is 31.5. The molecule has 6 nitrogen and oxygen atoms in total. The van der Waals surface area contributed by atoms with Crippen LogP contribution in [0.5, 0.6) is 0 Å². The number of epoxide rings is 1. The summed E-state index contributed by atoms with van der Waals surface area (Å²) >= 11 is 0. The van der Waals surface area contributed by atoms with Gasteiger partial charge in [-0.05, 0) is 76.7 Å². The van der Waals surface area contributed by atoms with Crippen molar-refractivity contribution in [3.63, 3.8) is 0 Å². The molecule has 2 aliphatic carbocycles. The van der Waals surface area contributed by atoms with Gasteiger partial charge in [0.15, 0.2) is 0 Å². The number of hydrogen-bond acceptors (Lipinski definition) is 6. The average molecular weight is 663 g/mol. The predicted molar refractivity (Wildman–Crippen MR) is 195 cm³/mol. The van der Waals surface area contributed by atoms with Crippen molar-refractivity contribution in [2.75, 3.05) is 0 Å². The predicted octanol–water partition coefficient (Wildman–Crippen LogP) is 9.01. The van der Waals surface area contributed by atoms with Crippen molar-refractivity contribution in [3.8, 4) is 0 Å². The second-order valence-corrected chi connectivity index (χ2v) is 16.5. The summed E-state index contributed by atoms with van der Waals surface area (Å²) in [6.45, 7) is 21.9. The molecule has 2 N–H and O–H groups in total. The average Bonchev–Trinajstić information content (AvgIpc) is 3.53. The fourth-order valence-corrected chi connectivity index (χ4v) is 8.24. The summed E-state index contributed by atoms with van der Waals surface area (Å²) in [5.74, 6) is -0.168. The summed E-state index contributed by atoms with van der Waals surface area (Å²) < 4.78 is 11.7. The highest BCUT2D eigenvalue weighted by atomic mass is 16.6. The minimum atomic E-state index is -1.02. The largest absolute Gasteiger partial charge is 0.462 e. The SMILES string of the molecule is CC(=O)O[C@H]1CC(C)(C)C(=CC/C(C)=C/C=C/C(C)=C/C=C/C=C(C)/C=C/CC(C)C(=O)C[C@@]23O[C@]2(C)C[C@@H](O)CC3(C)C)[C@](C)(O)C1. The van der Waals surface area contributed by atoms with Crippen LogP contribution in [0.1, 0.15) is 121 Å². The molecule has 6 atom stereocenters. The number of aliphatic hydroxyl groups is 2. The molecule has 48 heavy (non-hydrogen) atoms. The Hall–Kier alpha value is -2.80. The maximum atomic E-state index is 13.2. The Labute approximate surface area is 290 Å². The van der Waals surface area contributed by atoms with Gasteiger partial charge in [-0.2, -0.15) is 0 Å². The fraction of sp³-hybridized carbons (Fsp3) is 0.619. The minimum Gasteiger partial charge on any atom is -0.462 e. The Morgan fingerprint density at radius 3 is 2.10 bits per heavy atom. The molecule has 1 heterocycles. The van der Waals surface area contributed by atoms with E-state index in [1.54, 1.807) is 0 Å². The summed E-state index contributed by atoms with van der Waals surface area (Å²) in [5.41, 5.74) is 2.04. The Balaban J connectivity index is 1.46. The van der Waals surface area contributed by atoms with Crippen molar-refractivity contribution in [1.82, 2.24) is 0 Å². The van der Waals surface area contributed by atoms with Gasteiger partial charge in [0.1, 0.15) is 17.5 Å². The summed E-state index contributed by atoms with van der Waals surface area (Å²) in [5, 5.41) is 21.5. The van der Waals surface area contributed by atoms with Gasteiger partial charge in [-0.15, -0.1) is 0 Å². The van der Waals surface area contributed by atoms with Gasteiger partial charge < -0.3 is 19.7 Å². The monoisotopic (exact) mass is 662 g/mol. The van der Waals surface area contributed by atoms with E-state index in [9.17, 15) is 19.8 Å². The maximum Gasteiger partial charge on any atom is 0.302 e. The number of Topliss-reactive ketones (excluding diaryl/α,β-unsaturated/α-hetero) is 1. The van der Waals surface area contributed by atoms with E-state index in [-0.39, 0.29) is 40.7 Å². The lowest BCUT2D eigenvalue weighted by molar-refractivity contribution is -0.152. The van der Waals surface area contributed by atoms with Crippen LogP contribution in [0.25, 0.3) is 0 Å². The molecule has 3 rings (SSSR count). The standard InChI is InChI=1S/C42H62O6/c1-29(18-14-19-31(3)22-23-37-38(6,7)26-35(47-33(5)43)27-40(37,10)46)16-12-13-17-30(2)20-15-21-32(4)36(45)28-42-39(8,9)24-34(44)25-41(42,11)48-42/h12-20,23,32,34-35,44,46H,21-22,24-28H2,1-11H3/b13-12+,18-14+,20-15+,29-16+,30-17+,31-19+,37-23?/t32?,34-,35-,40+,41+,42-/m0/s1. The third-order valence-corrected chi connectivity index (χ3v) is 10.7. The Morgan fingerprint density at radius 1 is 0.896 bits per heavy atom. The highest BCUT2D eigenvalue weighted by Gasteiger charge is 2.76. The van der Waals surface area contributed by atoms with E-state index in [0.717, 1.165) is 23.1 Å². The molecule has 0 spiro atoms. The van der Waals surface area contributed by atoms with Gasteiger partial charge in [0.25, 0.3) is 0 Å². The first-order valence-corrected chi connectivity index (χ1v) is 17.7. The molecule has 1 saturated heterocycles. The number of carbonyl (C=O) groups is 2. The zero-order chi connectivity index (χ0) is 36.1. The molecule has 0 bridgehead atoms. The molecule has 1 aliphatic heterocycles. The summed E-state index contributed by atoms with van der Waals surface area (Å²) in [6.07, 6.45) is 24.2. The van der Waals surface area contributed by atoms with Crippen LogP contribution in [0.4, 0.5) is 0 Å². The second kappa shape index (κ2) is 15.4. The molecule has 0 aromatic rings. The van der Waals surface area contributed by atoms with E-state index in [2.05, 4.69) is 97.1 Å². The molecule has 2 saturated carbocycles. The number of hydrogen-bond donors (Lipinski definition) is 2. The number of fused-ring (bicyclic) bond motifs is 1. The number of esters is 1. The Bertz CT molecular complexity index is 1390. The molecule has 0 aromatic heterocycles. The molecule has 3 aliphatic rings. The van der Waals surface area contributed by atoms with Crippen molar-refractivity contribution in [2.24, 2.45) is 16.7 Å². The van der Waals surface area contributed by atoms with Gasteiger partial charge in [0.2, 0.25) is 0 Å². The second-order valence-electron chi connectivity index (χ2n) is 16.5. The molecule has 0 aromatic carbocycles. The van der Waals surface area contributed by atoms with Gasteiger partial charge in [0.05, 0.1) is 17.3 Å². The number of rotatable bonds is 13. The smallest absolute Gasteiger partial charge is 0.302 e. The van der Waals surface area contributed by atoms with E-state index in [1.807, 2.05) is 32.9 Å². The first-order valence-electron chi connectivity index (χ1n) is 17.7. The Kier molecular flexibility index (Phi) is 12.7. The summed E-state index contributed by atoms with van der Waals surface area (Å²) in [6, 6.07) is 0. The minimum absolute atomic E-state index is 0.0859. The number of carbonyl (C=O) groups excluding carboxylic acids is 2. The van der Waals surface area contributed by atoms with E-state index >= 15 is 0 Å². The first-order chi connectivity index (χ1) is 22.1. The van der Waals surface area contributed by atoms with Crippen molar-refractivity contribution in [3.05, 3.63) is 83.1 Å². The molecular weight excluding hydrogens is 600 g/mol. The number of allylic oxidation sites excluding steroid dienone is 13. The quantitative estimate of drug-likeness (QED) is 0.0885. The van der Waals surface area contributed by atoms with Gasteiger partial charge in [-0.25, -0.2) is 0 Å². The number of ether oxygens (including phenoxy) is 2. The lowest BCUT2D eigenvalue weighted by atomic mass is 9.61. The van der Waals surface area contributed by atoms with Crippen LogP contribution in [-0.2, 0) is 19.1 Å². The summed E-state index contributed by atoms with van der Waals surface area (Å²) in [7, 11) is 0. The molecular formula is C42H62O6. The topological polar surface area (TPSA) is 96.4 Å². The highest BCUT2D eigenvalue weighted by Crippen LogP contribution is 2.67. The van der Waals surface area contributed by atoms with Crippen molar-refractivity contribution in [1.29, 1.82) is 0 Å². The van der Waals surface area contributed by atoms with E-state index in [4.69, 9.17) is 9.47 Å². The van der Waals surface area contributed by atoms with Crippen LogP contribution in [0.3, 0.4) is 0 Å². The van der Waals surface area contributed by atoms with Gasteiger partial charge in [-0.3, -0.25) is 9.59 Å². The highest BCUT2D eigenvalue weighted by molar-refractivity contribution is 5.82. The fourth-order valence-electron chi connectivity index (χ4n) is 8.24. The molecule has 266 valence electrons. The molecule has 0 amide bonds. The van der Waals surface area contributed by atoms with E-state index in [0.29, 0.717) is 38.5 Å². The van der Waals surface area contributed by atoms with Crippen LogP contribution in [-0.4, -0.2) is 51.0 Å². The maximum absolute atomic E-state index is 13.2. The zero-order valence-corrected chi connectivity index (χ0v) is 31.5. The molecule has 0 radical (unpaired) electrons. The van der Waals surface area contributed by atoms with Crippen molar-refractivity contribution in [2.45, 2.75) is 150 Å². The Morgan fingerprint density at radius 2 is 1.52 bits per heavy atom. The van der Waals surface area contributed by atoms with Gasteiger partial charge in [0, 0.05) is 32.1 Å². The normalized spacial score (nSPS) is 33.8. The summed E-state index contributed by atoms with van der Waals surface area (Å²) in [4.78, 5) is 24.6. The lowest BCUT2D eigenvalue weighted by Crippen LogP contribution is -2.48. The molecule has 3 fully saturated rings. The van der Waals surface area contributed by atoms with Crippen molar-refractivity contribution < 1.29 is 29.3 Å². The van der Waals surface area contributed by atoms with Crippen LogP contribution in [0.2, 0.25) is 0 Å². The van der Waals surface area contributed by atoms with Crippen LogP contribution < -0.4 is 0 Å². The lowest BCUT2D eigenvalue weighted by Gasteiger charge is -2.46.